The number of aryl methyl sites for hydroxylation is 1. The predicted molar refractivity (Wildman–Crippen MR) is 69.9 cm³/mol. The van der Waals surface area contributed by atoms with E-state index in [1.807, 2.05) is 0 Å². The largest absolute Gasteiger partial charge is 0.494 e. The lowest BCUT2D eigenvalue weighted by atomic mass is 10.2. The van der Waals surface area contributed by atoms with E-state index < -0.39 is 5.82 Å². The van der Waals surface area contributed by atoms with Gasteiger partial charge in [0.25, 0.3) is 5.91 Å². The van der Waals surface area contributed by atoms with Crippen LogP contribution in [-0.2, 0) is 6.54 Å². The number of hydrogen-bond acceptors (Lipinski definition) is 4. The average molecular weight is 278 g/mol. The number of carbonyl (C=O) groups is 1. The lowest BCUT2D eigenvalue weighted by Gasteiger charge is -2.15. The van der Waals surface area contributed by atoms with Crippen molar-refractivity contribution in [1.29, 1.82) is 0 Å². The molecule has 1 N–H and O–H groups in total. The van der Waals surface area contributed by atoms with Gasteiger partial charge < -0.3 is 9.64 Å². The Balaban J connectivity index is 2.09. The fourth-order valence-corrected chi connectivity index (χ4v) is 1.76. The lowest BCUT2D eigenvalue weighted by Crippen LogP contribution is -2.27. The van der Waals surface area contributed by atoms with E-state index in [0.29, 0.717) is 11.4 Å². The minimum atomic E-state index is -0.459. The maximum absolute atomic E-state index is 13.6. The molecule has 1 aromatic carbocycles. The summed E-state index contributed by atoms with van der Waals surface area (Å²) in [4.78, 5) is 17.4. The van der Waals surface area contributed by atoms with E-state index in [2.05, 4.69) is 15.2 Å². The van der Waals surface area contributed by atoms with E-state index in [1.165, 1.54) is 24.1 Å². The van der Waals surface area contributed by atoms with Crippen LogP contribution < -0.4 is 4.74 Å². The topological polar surface area (TPSA) is 71.1 Å². The molecule has 7 heteroatoms. The van der Waals surface area contributed by atoms with Gasteiger partial charge in [-0.1, -0.05) is 6.07 Å². The molecule has 2 aromatic rings. The Morgan fingerprint density at radius 3 is 2.80 bits per heavy atom. The number of H-pyrrole nitrogens is 1. The first kappa shape index (κ1) is 14.0. The van der Waals surface area contributed by atoms with Gasteiger partial charge in [-0.25, -0.2) is 9.37 Å². The third-order valence-electron chi connectivity index (χ3n) is 2.77. The third kappa shape index (κ3) is 2.93. The van der Waals surface area contributed by atoms with Crippen LogP contribution in [-0.4, -0.2) is 40.1 Å². The molecule has 1 amide bonds. The lowest BCUT2D eigenvalue weighted by molar-refractivity contribution is 0.0773. The summed E-state index contributed by atoms with van der Waals surface area (Å²) in [7, 11) is 3.01. The monoisotopic (exact) mass is 278 g/mol. The zero-order valence-corrected chi connectivity index (χ0v) is 11.5. The zero-order chi connectivity index (χ0) is 14.7. The van der Waals surface area contributed by atoms with E-state index in [0.717, 1.165) is 0 Å². The standard InChI is InChI=1S/C13H15FN4O2/c1-8-15-12(17-16-8)13(19)18(2)7-9-4-5-11(20-3)10(14)6-9/h4-6H,7H2,1-3H3,(H,15,16,17). The summed E-state index contributed by atoms with van der Waals surface area (Å²) in [5.74, 6) is 0.0497. The SMILES string of the molecule is COc1ccc(CN(C)C(=O)c2n[nH]c(C)n2)cc1F. The van der Waals surface area contributed by atoms with Crippen LogP contribution in [0.5, 0.6) is 5.75 Å². The molecular weight excluding hydrogens is 263 g/mol. The number of rotatable bonds is 4. The normalized spacial score (nSPS) is 10.4. The molecule has 0 saturated carbocycles. The first-order valence-corrected chi connectivity index (χ1v) is 5.98. The molecule has 6 nitrogen and oxygen atoms in total. The second kappa shape index (κ2) is 5.68. The number of nitrogens with one attached hydrogen (secondary N) is 1. The van der Waals surface area contributed by atoms with Crippen molar-refractivity contribution >= 4 is 5.91 Å². The van der Waals surface area contributed by atoms with E-state index in [1.54, 1.807) is 20.0 Å². The molecule has 0 fully saturated rings. The fourth-order valence-electron chi connectivity index (χ4n) is 1.76. The van der Waals surface area contributed by atoms with Crippen molar-refractivity contribution < 1.29 is 13.9 Å². The van der Waals surface area contributed by atoms with E-state index in [4.69, 9.17) is 4.74 Å². The molecule has 1 aromatic heterocycles. The number of ether oxygens (including phenoxy) is 1. The zero-order valence-electron chi connectivity index (χ0n) is 11.5. The molecule has 0 radical (unpaired) electrons. The maximum Gasteiger partial charge on any atom is 0.293 e. The minimum Gasteiger partial charge on any atom is -0.494 e. The number of halogens is 1. The highest BCUT2D eigenvalue weighted by Crippen LogP contribution is 2.18. The summed E-state index contributed by atoms with van der Waals surface area (Å²) >= 11 is 0. The van der Waals surface area contributed by atoms with Crippen LogP contribution in [0.3, 0.4) is 0 Å². The second-order valence-corrected chi connectivity index (χ2v) is 4.37. The molecule has 0 aliphatic carbocycles. The number of benzene rings is 1. The first-order chi connectivity index (χ1) is 9.51. The molecule has 20 heavy (non-hydrogen) atoms. The van der Waals surface area contributed by atoms with Gasteiger partial charge >= 0.3 is 0 Å². The van der Waals surface area contributed by atoms with Gasteiger partial charge in [-0.15, -0.1) is 5.10 Å². The van der Waals surface area contributed by atoms with E-state index in [-0.39, 0.29) is 24.0 Å². The highest BCUT2D eigenvalue weighted by Gasteiger charge is 2.17. The Bertz CT molecular complexity index is 627. The number of carbonyl (C=O) groups excluding carboxylic acids is 1. The Morgan fingerprint density at radius 2 is 2.25 bits per heavy atom. The molecular formula is C13H15FN4O2. The Hall–Kier alpha value is -2.44. The smallest absolute Gasteiger partial charge is 0.293 e. The first-order valence-electron chi connectivity index (χ1n) is 5.98. The average Bonchev–Trinajstić information content (AvgIpc) is 2.84. The van der Waals surface area contributed by atoms with Gasteiger partial charge in [0.1, 0.15) is 5.82 Å². The molecule has 0 aliphatic heterocycles. The minimum absolute atomic E-state index is 0.0963. The van der Waals surface area contributed by atoms with Crippen molar-refractivity contribution in [3.05, 3.63) is 41.2 Å². The van der Waals surface area contributed by atoms with Gasteiger partial charge in [0.2, 0.25) is 5.82 Å². The maximum atomic E-state index is 13.6. The Kier molecular flexibility index (Phi) is 3.97. The van der Waals surface area contributed by atoms with E-state index >= 15 is 0 Å². The summed E-state index contributed by atoms with van der Waals surface area (Å²) in [6, 6.07) is 4.57. The van der Waals surface area contributed by atoms with Crippen LogP contribution in [0, 0.1) is 12.7 Å². The van der Waals surface area contributed by atoms with Crippen molar-refractivity contribution in [2.75, 3.05) is 14.2 Å². The molecule has 0 saturated heterocycles. The molecule has 0 atom stereocenters. The second-order valence-electron chi connectivity index (χ2n) is 4.37. The molecule has 0 bridgehead atoms. The quantitative estimate of drug-likeness (QED) is 0.920. The number of amides is 1. The van der Waals surface area contributed by atoms with Crippen LogP contribution in [0.15, 0.2) is 18.2 Å². The molecule has 0 unspecified atom stereocenters. The summed E-state index contributed by atoms with van der Waals surface area (Å²) in [6.07, 6.45) is 0. The van der Waals surface area contributed by atoms with Crippen LogP contribution in [0.4, 0.5) is 4.39 Å². The summed E-state index contributed by atoms with van der Waals surface area (Å²) in [6.45, 7) is 1.97. The van der Waals surface area contributed by atoms with Gasteiger partial charge in [0.05, 0.1) is 7.11 Å². The van der Waals surface area contributed by atoms with Crippen molar-refractivity contribution in [2.24, 2.45) is 0 Å². The number of nitrogens with zero attached hydrogens (tertiary/aromatic N) is 3. The highest BCUT2D eigenvalue weighted by molar-refractivity contribution is 5.90. The Labute approximate surface area is 115 Å². The van der Waals surface area contributed by atoms with Crippen molar-refractivity contribution in [3.63, 3.8) is 0 Å². The predicted octanol–water partition coefficient (Wildman–Crippen LogP) is 1.53. The van der Waals surface area contributed by atoms with Crippen molar-refractivity contribution in [3.8, 4) is 5.75 Å². The van der Waals surface area contributed by atoms with Gasteiger partial charge in [-0.3, -0.25) is 9.89 Å². The van der Waals surface area contributed by atoms with Gasteiger partial charge in [-0.05, 0) is 24.6 Å². The van der Waals surface area contributed by atoms with Gasteiger partial charge in [0, 0.05) is 13.6 Å². The van der Waals surface area contributed by atoms with Crippen LogP contribution >= 0.6 is 0 Å². The number of hydrogen-bond donors (Lipinski definition) is 1. The highest BCUT2D eigenvalue weighted by atomic mass is 19.1. The summed E-state index contributed by atoms with van der Waals surface area (Å²) in [5, 5.41) is 6.41. The number of aromatic nitrogens is 3. The summed E-state index contributed by atoms with van der Waals surface area (Å²) < 4.78 is 18.4. The Morgan fingerprint density at radius 1 is 1.50 bits per heavy atom. The summed E-state index contributed by atoms with van der Waals surface area (Å²) in [5.41, 5.74) is 0.659. The van der Waals surface area contributed by atoms with Crippen LogP contribution in [0.1, 0.15) is 22.0 Å². The van der Waals surface area contributed by atoms with Crippen LogP contribution in [0.2, 0.25) is 0 Å². The third-order valence-corrected chi connectivity index (χ3v) is 2.77. The van der Waals surface area contributed by atoms with Crippen LogP contribution in [0.25, 0.3) is 0 Å². The fraction of sp³-hybridized carbons (Fsp3) is 0.308. The number of aromatic amines is 1. The molecule has 2 rings (SSSR count). The number of methoxy groups -OCH3 is 1. The molecule has 1 heterocycles. The molecule has 0 aliphatic rings. The molecule has 106 valence electrons. The van der Waals surface area contributed by atoms with E-state index in [9.17, 15) is 9.18 Å². The van der Waals surface area contributed by atoms with Crippen molar-refractivity contribution in [1.82, 2.24) is 20.1 Å². The van der Waals surface area contributed by atoms with Gasteiger partial charge in [0.15, 0.2) is 11.6 Å². The van der Waals surface area contributed by atoms with Gasteiger partial charge in [-0.2, -0.15) is 0 Å². The molecule has 0 spiro atoms. The van der Waals surface area contributed by atoms with Crippen molar-refractivity contribution in [2.45, 2.75) is 13.5 Å².